The van der Waals surface area contributed by atoms with E-state index in [0.29, 0.717) is 31.6 Å². The number of sulfonamides is 1. The Balaban J connectivity index is 1.34. The van der Waals surface area contributed by atoms with Gasteiger partial charge in [0.15, 0.2) is 0 Å². The van der Waals surface area contributed by atoms with Crippen molar-refractivity contribution in [3.8, 4) is 5.69 Å². The average Bonchev–Trinajstić information content (AvgIpc) is 3.34. The van der Waals surface area contributed by atoms with Crippen molar-refractivity contribution in [2.75, 3.05) is 18.4 Å². The maximum atomic E-state index is 12.7. The van der Waals surface area contributed by atoms with Gasteiger partial charge in [0.25, 0.3) is 0 Å². The number of amides is 1. The van der Waals surface area contributed by atoms with Crippen LogP contribution in [0.15, 0.2) is 66.3 Å². The molecular formula is C21H22N6O3S. The largest absolute Gasteiger partial charge is 0.326 e. The molecule has 2 heterocycles. The van der Waals surface area contributed by atoms with Gasteiger partial charge >= 0.3 is 0 Å². The highest BCUT2D eigenvalue weighted by Crippen LogP contribution is 2.23. The van der Waals surface area contributed by atoms with Crippen LogP contribution in [-0.4, -0.2) is 51.9 Å². The highest BCUT2D eigenvalue weighted by atomic mass is 32.2. The Labute approximate surface area is 180 Å². The molecule has 1 saturated heterocycles. The molecule has 3 aromatic rings. The highest BCUT2D eigenvalue weighted by molar-refractivity contribution is 7.92. The number of piperidine rings is 1. The number of hydrogen-bond donors (Lipinski definition) is 1. The molecule has 0 bridgehead atoms. The van der Waals surface area contributed by atoms with Crippen LogP contribution in [0.3, 0.4) is 0 Å². The van der Waals surface area contributed by atoms with Gasteiger partial charge in [-0.1, -0.05) is 36.4 Å². The van der Waals surface area contributed by atoms with E-state index in [1.807, 2.05) is 36.4 Å². The van der Waals surface area contributed by atoms with E-state index in [9.17, 15) is 13.2 Å². The summed E-state index contributed by atoms with van der Waals surface area (Å²) in [7, 11) is -3.52. The lowest BCUT2D eigenvalue weighted by atomic mass is 9.97. The molecule has 1 amide bonds. The van der Waals surface area contributed by atoms with Gasteiger partial charge in [0.1, 0.15) is 6.33 Å². The maximum absolute atomic E-state index is 12.7. The third-order valence-corrected chi connectivity index (χ3v) is 6.71. The minimum absolute atomic E-state index is 0.120. The van der Waals surface area contributed by atoms with Gasteiger partial charge in [0.2, 0.25) is 15.9 Å². The van der Waals surface area contributed by atoms with Gasteiger partial charge < -0.3 is 5.32 Å². The van der Waals surface area contributed by atoms with Gasteiger partial charge in [-0.25, -0.2) is 13.1 Å². The molecule has 0 atom stereocenters. The van der Waals surface area contributed by atoms with Crippen molar-refractivity contribution in [3.05, 3.63) is 71.9 Å². The van der Waals surface area contributed by atoms with Crippen LogP contribution in [0.5, 0.6) is 0 Å². The third-order valence-electron chi connectivity index (χ3n) is 5.14. The van der Waals surface area contributed by atoms with Crippen LogP contribution in [0, 0.1) is 5.92 Å². The summed E-state index contributed by atoms with van der Waals surface area (Å²) in [6, 6.07) is 16.5. The van der Waals surface area contributed by atoms with Crippen molar-refractivity contribution in [3.63, 3.8) is 0 Å². The first-order valence-electron chi connectivity index (χ1n) is 9.89. The Kier molecular flexibility index (Phi) is 6.19. The topological polar surface area (TPSA) is 110 Å². The molecular weight excluding hydrogens is 416 g/mol. The molecule has 0 aliphatic carbocycles. The lowest BCUT2D eigenvalue weighted by Crippen LogP contribution is -2.40. The molecule has 4 rings (SSSR count). The number of hydrogen-bond acceptors (Lipinski definition) is 6. The number of benzene rings is 2. The van der Waals surface area contributed by atoms with E-state index >= 15 is 0 Å². The minimum Gasteiger partial charge on any atom is -0.326 e. The summed E-state index contributed by atoms with van der Waals surface area (Å²) >= 11 is 0. The molecule has 0 spiro atoms. The van der Waals surface area contributed by atoms with Gasteiger partial charge in [-0.3, -0.25) is 4.79 Å². The molecule has 10 heteroatoms. The second-order valence-electron chi connectivity index (χ2n) is 7.23. The van der Waals surface area contributed by atoms with E-state index in [0.717, 1.165) is 11.3 Å². The first-order chi connectivity index (χ1) is 15.0. The number of nitrogens with zero attached hydrogens (tertiary/aromatic N) is 5. The number of carbonyl (C=O) groups excluding carboxylic acids is 1. The Morgan fingerprint density at radius 1 is 1.06 bits per heavy atom. The van der Waals surface area contributed by atoms with Crippen molar-refractivity contribution in [2.24, 2.45) is 5.92 Å². The van der Waals surface area contributed by atoms with Crippen molar-refractivity contribution in [1.29, 1.82) is 0 Å². The molecule has 2 aromatic carbocycles. The van der Waals surface area contributed by atoms with Gasteiger partial charge in [-0.15, -0.1) is 5.10 Å². The second-order valence-corrected chi connectivity index (χ2v) is 9.04. The van der Waals surface area contributed by atoms with Crippen LogP contribution in [-0.2, 0) is 14.8 Å². The van der Waals surface area contributed by atoms with E-state index in [1.54, 1.807) is 24.3 Å². The molecule has 0 radical (unpaired) electrons. The fraction of sp³-hybridized carbons (Fsp3) is 0.238. The van der Waals surface area contributed by atoms with Crippen molar-refractivity contribution in [2.45, 2.75) is 12.8 Å². The van der Waals surface area contributed by atoms with Gasteiger partial charge in [-0.2, -0.15) is 4.31 Å². The van der Waals surface area contributed by atoms with E-state index < -0.39 is 10.0 Å². The standard InChI is InChI=1S/C21H22N6O3S/c28-21(23-19-7-4-8-20(15-19)27-16-22-24-25-27)18-9-12-26(13-10-18)31(29,30)14-11-17-5-2-1-3-6-17/h1-8,11,14-16,18H,9-10,12-13H2,(H,23,28)/b14-11+. The highest BCUT2D eigenvalue weighted by Gasteiger charge is 2.30. The fourth-order valence-electron chi connectivity index (χ4n) is 3.44. The van der Waals surface area contributed by atoms with Crippen LogP contribution in [0.4, 0.5) is 5.69 Å². The summed E-state index contributed by atoms with van der Waals surface area (Å²) in [4.78, 5) is 12.7. The van der Waals surface area contributed by atoms with Crippen LogP contribution >= 0.6 is 0 Å². The van der Waals surface area contributed by atoms with Crippen LogP contribution in [0.2, 0.25) is 0 Å². The predicted molar refractivity (Wildman–Crippen MR) is 116 cm³/mol. The summed E-state index contributed by atoms with van der Waals surface area (Å²) in [5.74, 6) is -0.369. The molecule has 1 aromatic heterocycles. The van der Waals surface area contributed by atoms with E-state index in [2.05, 4.69) is 20.8 Å². The predicted octanol–water partition coefficient (Wildman–Crippen LogP) is 2.31. The van der Waals surface area contributed by atoms with E-state index in [4.69, 9.17) is 0 Å². The molecule has 9 nitrogen and oxygen atoms in total. The molecule has 1 aliphatic heterocycles. The van der Waals surface area contributed by atoms with Crippen molar-refractivity contribution < 1.29 is 13.2 Å². The first-order valence-corrected chi connectivity index (χ1v) is 11.4. The maximum Gasteiger partial charge on any atom is 0.236 e. The summed E-state index contributed by atoms with van der Waals surface area (Å²) in [5.41, 5.74) is 2.19. The Bertz CT molecular complexity index is 1150. The number of tetrazole rings is 1. The Morgan fingerprint density at radius 3 is 2.55 bits per heavy atom. The average molecular weight is 439 g/mol. The van der Waals surface area contributed by atoms with Crippen LogP contribution in [0.25, 0.3) is 11.8 Å². The zero-order valence-corrected chi connectivity index (χ0v) is 17.5. The van der Waals surface area contributed by atoms with Crippen LogP contribution < -0.4 is 5.32 Å². The zero-order chi connectivity index (χ0) is 21.7. The number of nitrogens with one attached hydrogen (secondary N) is 1. The number of aromatic nitrogens is 4. The van der Waals surface area contributed by atoms with E-state index in [1.165, 1.54) is 20.7 Å². The third kappa shape index (κ3) is 5.22. The summed E-state index contributed by atoms with van der Waals surface area (Å²) in [6.45, 7) is 0.619. The summed E-state index contributed by atoms with van der Waals surface area (Å²) < 4.78 is 28.1. The molecule has 0 unspecified atom stereocenters. The summed E-state index contributed by atoms with van der Waals surface area (Å²) in [5, 5.41) is 15.2. The fourth-order valence-corrected chi connectivity index (χ4v) is 4.66. The molecule has 1 N–H and O–H groups in total. The van der Waals surface area contributed by atoms with Gasteiger partial charge in [0.05, 0.1) is 5.69 Å². The van der Waals surface area contributed by atoms with Crippen molar-refractivity contribution >= 4 is 27.7 Å². The quantitative estimate of drug-likeness (QED) is 0.632. The lowest BCUT2D eigenvalue weighted by Gasteiger charge is -2.29. The molecule has 160 valence electrons. The minimum atomic E-state index is -3.52. The monoisotopic (exact) mass is 438 g/mol. The smallest absolute Gasteiger partial charge is 0.236 e. The van der Waals surface area contributed by atoms with Crippen molar-refractivity contribution in [1.82, 2.24) is 24.5 Å². The van der Waals surface area contributed by atoms with Crippen LogP contribution in [0.1, 0.15) is 18.4 Å². The van der Waals surface area contributed by atoms with E-state index in [-0.39, 0.29) is 11.8 Å². The SMILES string of the molecule is O=C(Nc1cccc(-n2cnnn2)c1)C1CCN(S(=O)(=O)/C=C/c2ccccc2)CC1. The van der Waals surface area contributed by atoms with Gasteiger partial charge in [0, 0.05) is 30.1 Å². The normalized spacial score (nSPS) is 15.9. The summed E-state index contributed by atoms with van der Waals surface area (Å²) in [6.07, 6.45) is 4.00. The number of carbonyl (C=O) groups is 1. The molecule has 1 fully saturated rings. The molecule has 0 saturated carbocycles. The number of rotatable bonds is 6. The lowest BCUT2D eigenvalue weighted by molar-refractivity contribution is -0.120. The Hall–Kier alpha value is -3.37. The second kappa shape index (κ2) is 9.19. The van der Waals surface area contributed by atoms with Gasteiger partial charge in [-0.05, 0) is 53.1 Å². The zero-order valence-electron chi connectivity index (χ0n) is 16.7. The number of anilines is 1. The first kappa shape index (κ1) is 20.9. The molecule has 31 heavy (non-hydrogen) atoms. The molecule has 1 aliphatic rings. The Morgan fingerprint density at radius 2 is 1.84 bits per heavy atom.